The second kappa shape index (κ2) is 7.99. The number of ketones is 1. The molecule has 1 aromatic carbocycles. The summed E-state index contributed by atoms with van der Waals surface area (Å²) in [6.07, 6.45) is 0.706. The van der Waals surface area contributed by atoms with Crippen molar-refractivity contribution in [3.05, 3.63) is 23.8 Å². The Balaban J connectivity index is 1.83. The van der Waals surface area contributed by atoms with E-state index in [4.69, 9.17) is 18.9 Å². The number of nitrogens with zero attached hydrogens (tertiary/aromatic N) is 1. The Morgan fingerprint density at radius 3 is 2.04 bits per heavy atom. The van der Waals surface area contributed by atoms with Gasteiger partial charge in [0.15, 0.2) is 5.78 Å². The third-order valence-electron chi connectivity index (χ3n) is 5.17. The zero-order valence-corrected chi connectivity index (χ0v) is 17.2. The minimum atomic E-state index is -0.566. The number of carbonyl (C=O) groups is 2. The lowest BCUT2D eigenvalue weighted by Crippen LogP contribution is -2.60. The summed E-state index contributed by atoms with van der Waals surface area (Å²) in [4.78, 5) is 27.8. The molecule has 7 heteroatoms. The number of Topliss-reactive ketones (excluding diaryl/α,β-unsaturated/α-hetero) is 1. The highest BCUT2D eigenvalue weighted by atomic mass is 16.6. The number of hydrogen-bond donors (Lipinski definition) is 0. The van der Waals surface area contributed by atoms with Crippen molar-refractivity contribution in [1.82, 2.24) is 4.90 Å². The standard InChI is InChI=1S/C21H29NO6/c1-21(2,3)28-20(24)22-14-9-13(10-15(22)12-27-11-14)19(23)18-16(25-4)7-6-8-17(18)26-5/h6-8,13-15H,9-12H2,1-5H3. The molecule has 2 bridgehead atoms. The summed E-state index contributed by atoms with van der Waals surface area (Å²) in [7, 11) is 3.08. The topological polar surface area (TPSA) is 74.3 Å². The first-order valence-electron chi connectivity index (χ1n) is 9.59. The molecule has 154 valence electrons. The molecule has 0 aliphatic carbocycles. The van der Waals surface area contributed by atoms with Crippen LogP contribution in [-0.4, -0.2) is 61.9 Å². The van der Waals surface area contributed by atoms with Crippen molar-refractivity contribution in [2.75, 3.05) is 27.4 Å². The molecule has 1 amide bonds. The van der Waals surface area contributed by atoms with Gasteiger partial charge in [-0.25, -0.2) is 4.79 Å². The number of ether oxygens (including phenoxy) is 4. The maximum atomic E-state index is 13.4. The van der Waals surface area contributed by atoms with Crippen LogP contribution in [0.3, 0.4) is 0 Å². The molecule has 2 saturated heterocycles. The van der Waals surface area contributed by atoms with E-state index in [1.165, 1.54) is 0 Å². The van der Waals surface area contributed by atoms with E-state index in [-0.39, 0.29) is 29.9 Å². The Morgan fingerprint density at radius 2 is 1.57 bits per heavy atom. The van der Waals surface area contributed by atoms with Crippen molar-refractivity contribution in [1.29, 1.82) is 0 Å². The van der Waals surface area contributed by atoms with Gasteiger partial charge in [0.2, 0.25) is 0 Å². The van der Waals surface area contributed by atoms with Gasteiger partial charge in [-0.2, -0.15) is 0 Å². The first-order valence-corrected chi connectivity index (χ1v) is 9.59. The summed E-state index contributed by atoms with van der Waals surface area (Å²) in [6.45, 7) is 6.36. The third kappa shape index (κ3) is 4.09. The average Bonchev–Trinajstić information content (AvgIpc) is 2.64. The molecule has 2 atom stereocenters. The van der Waals surface area contributed by atoms with Crippen LogP contribution in [0.25, 0.3) is 0 Å². The van der Waals surface area contributed by atoms with E-state index in [0.717, 1.165) is 0 Å². The molecule has 3 rings (SSSR count). The quantitative estimate of drug-likeness (QED) is 0.733. The second-order valence-electron chi connectivity index (χ2n) is 8.30. The molecule has 0 saturated carbocycles. The van der Waals surface area contributed by atoms with Crippen LogP contribution >= 0.6 is 0 Å². The number of hydrogen-bond acceptors (Lipinski definition) is 6. The lowest BCUT2D eigenvalue weighted by atomic mass is 9.80. The zero-order valence-electron chi connectivity index (χ0n) is 17.2. The van der Waals surface area contributed by atoms with Crippen LogP contribution in [0, 0.1) is 5.92 Å². The van der Waals surface area contributed by atoms with Crippen LogP contribution in [-0.2, 0) is 9.47 Å². The maximum Gasteiger partial charge on any atom is 0.410 e. The molecule has 0 spiro atoms. The SMILES string of the molecule is COc1cccc(OC)c1C(=O)C1CC2COCC(C1)N2C(=O)OC(C)(C)C. The molecule has 0 aromatic heterocycles. The van der Waals surface area contributed by atoms with E-state index in [0.29, 0.717) is 43.1 Å². The second-order valence-corrected chi connectivity index (χ2v) is 8.30. The van der Waals surface area contributed by atoms with Crippen LogP contribution in [0.2, 0.25) is 0 Å². The van der Waals surface area contributed by atoms with Gasteiger partial charge in [0.1, 0.15) is 22.7 Å². The van der Waals surface area contributed by atoms with Gasteiger partial charge in [-0.05, 0) is 45.7 Å². The Labute approximate surface area is 165 Å². The van der Waals surface area contributed by atoms with Crippen molar-refractivity contribution in [2.24, 2.45) is 5.92 Å². The van der Waals surface area contributed by atoms with E-state index in [1.54, 1.807) is 37.3 Å². The first-order chi connectivity index (χ1) is 13.2. The molecule has 2 fully saturated rings. The number of morpholine rings is 1. The average molecular weight is 391 g/mol. The van der Waals surface area contributed by atoms with E-state index in [9.17, 15) is 9.59 Å². The molecule has 28 heavy (non-hydrogen) atoms. The van der Waals surface area contributed by atoms with Gasteiger partial charge in [0, 0.05) is 5.92 Å². The monoisotopic (exact) mass is 391 g/mol. The third-order valence-corrected chi connectivity index (χ3v) is 5.17. The van der Waals surface area contributed by atoms with E-state index in [1.807, 2.05) is 20.8 Å². The summed E-state index contributed by atoms with van der Waals surface area (Å²) in [5.74, 6) is 0.749. The van der Waals surface area contributed by atoms with Crippen molar-refractivity contribution < 1.29 is 28.5 Å². The molecular formula is C21H29NO6. The summed E-state index contributed by atoms with van der Waals surface area (Å²) >= 11 is 0. The van der Waals surface area contributed by atoms with Gasteiger partial charge < -0.3 is 18.9 Å². The van der Waals surface area contributed by atoms with Gasteiger partial charge in [-0.15, -0.1) is 0 Å². The minimum Gasteiger partial charge on any atom is -0.496 e. The van der Waals surface area contributed by atoms with E-state index < -0.39 is 5.60 Å². The molecule has 2 unspecified atom stereocenters. The lowest BCUT2D eigenvalue weighted by Gasteiger charge is -2.47. The fraction of sp³-hybridized carbons (Fsp3) is 0.619. The fourth-order valence-corrected chi connectivity index (χ4v) is 4.04. The smallest absolute Gasteiger partial charge is 0.410 e. The molecule has 0 N–H and O–H groups in total. The first kappa shape index (κ1) is 20.5. The number of amides is 1. The molecule has 2 aliphatic rings. The molecule has 1 aromatic rings. The number of methoxy groups -OCH3 is 2. The van der Waals surface area contributed by atoms with Crippen LogP contribution in [0.4, 0.5) is 4.79 Å². The highest BCUT2D eigenvalue weighted by Crippen LogP contribution is 2.38. The Hall–Kier alpha value is -2.28. The van der Waals surface area contributed by atoms with E-state index >= 15 is 0 Å². The molecular weight excluding hydrogens is 362 g/mol. The number of carbonyl (C=O) groups excluding carboxylic acids is 2. The van der Waals surface area contributed by atoms with Gasteiger partial charge in [0.25, 0.3) is 0 Å². The molecule has 7 nitrogen and oxygen atoms in total. The highest BCUT2D eigenvalue weighted by molar-refractivity contribution is 6.03. The number of benzene rings is 1. The maximum absolute atomic E-state index is 13.4. The zero-order chi connectivity index (χ0) is 20.5. The largest absolute Gasteiger partial charge is 0.496 e. The predicted molar refractivity (Wildman–Crippen MR) is 103 cm³/mol. The van der Waals surface area contributed by atoms with Gasteiger partial charge in [-0.1, -0.05) is 6.07 Å². The fourth-order valence-electron chi connectivity index (χ4n) is 4.04. The Kier molecular flexibility index (Phi) is 5.84. The predicted octanol–water partition coefficient (Wildman–Crippen LogP) is 3.30. The van der Waals surface area contributed by atoms with Crippen molar-refractivity contribution in [2.45, 2.75) is 51.3 Å². The van der Waals surface area contributed by atoms with Crippen molar-refractivity contribution in [3.63, 3.8) is 0 Å². The van der Waals surface area contributed by atoms with Crippen molar-refractivity contribution >= 4 is 11.9 Å². The minimum absolute atomic E-state index is 0.0185. The lowest BCUT2D eigenvalue weighted by molar-refractivity contribution is -0.0861. The Bertz CT molecular complexity index is 705. The van der Waals surface area contributed by atoms with Crippen LogP contribution < -0.4 is 9.47 Å². The van der Waals surface area contributed by atoms with E-state index in [2.05, 4.69) is 0 Å². The van der Waals surface area contributed by atoms with Gasteiger partial charge >= 0.3 is 6.09 Å². The Morgan fingerprint density at radius 1 is 1.04 bits per heavy atom. The van der Waals surface area contributed by atoms with Crippen LogP contribution in [0.1, 0.15) is 44.0 Å². The summed E-state index contributed by atoms with van der Waals surface area (Å²) in [6, 6.07) is 4.95. The summed E-state index contributed by atoms with van der Waals surface area (Å²) in [5.41, 5.74) is -0.105. The summed E-state index contributed by atoms with van der Waals surface area (Å²) in [5, 5.41) is 0. The van der Waals surface area contributed by atoms with Gasteiger partial charge in [0.05, 0.1) is 39.5 Å². The van der Waals surface area contributed by atoms with Gasteiger partial charge in [-0.3, -0.25) is 9.69 Å². The van der Waals surface area contributed by atoms with Crippen LogP contribution in [0.5, 0.6) is 11.5 Å². The van der Waals surface area contributed by atoms with Crippen LogP contribution in [0.15, 0.2) is 18.2 Å². The molecule has 2 aliphatic heterocycles. The number of rotatable bonds is 4. The number of piperidine rings is 1. The summed E-state index contributed by atoms with van der Waals surface area (Å²) < 4.78 is 22.0. The molecule has 0 radical (unpaired) electrons. The number of fused-ring (bicyclic) bond motifs is 2. The highest BCUT2D eigenvalue weighted by Gasteiger charge is 2.45. The van der Waals surface area contributed by atoms with Crippen molar-refractivity contribution in [3.8, 4) is 11.5 Å². The molecule has 2 heterocycles. The normalized spacial score (nSPS) is 24.5.